The molecule has 0 aliphatic heterocycles. The molecule has 0 radical (unpaired) electrons. The van der Waals surface area contributed by atoms with Gasteiger partial charge in [-0.05, 0) is 44.5 Å². The summed E-state index contributed by atoms with van der Waals surface area (Å²) in [6, 6.07) is 6.25. The molecule has 106 valence electrons. The summed E-state index contributed by atoms with van der Waals surface area (Å²) in [6.45, 7) is 6.23. The summed E-state index contributed by atoms with van der Waals surface area (Å²) in [5.41, 5.74) is 0.761. The summed E-state index contributed by atoms with van der Waals surface area (Å²) < 4.78 is 29.2. The van der Waals surface area contributed by atoms with Crippen molar-refractivity contribution >= 4 is 15.7 Å². The highest BCUT2D eigenvalue weighted by Gasteiger charge is 2.12. The third kappa shape index (κ3) is 4.90. The number of benzene rings is 1. The van der Waals surface area contributed by atoms with Gasteiger partial charge in [0, 0.05) is 5.71 Å². The van der Waals surface area contributed by atoms with E-state index >= 15 is 0 Å². The Morgan fingerprint density at radius 3 is 2.42 bits per heavy atom. The topological polar surface area (TPSA) is 67.8 Å². The van der Waals surface area contributed by atoms with Gasteiger partial charge in [-0.25, -0.2) is 4.83 Å². The summed E-state index contributed by atoms with van der Waals surface area (Å²) in [5.74, 6) is 0.645. The molecule has 19 heavy (non-hydrogen) atoms. The Morgan fingerprint density at radius 2 is 1.89 bits per heavy atom. The largest absolute Gasteiger partial charge is 0.494 e. The van der Waals surface area contributed by atoms with Gasteiger partial charge in [-0.3, -0.25) is 0 Å². The zero-order chi connectivity index (χ0) is 14.3. The number of rotatable bonds is 7. The lowest BCUT2D eigenvalue weighted by atomic mass is 10.2. The summed E-state index contributed by atoms with van der Waals surface area (Å²) >= 11 is 0. The second kappa shape index (κ2) is 7.13. The third-order valence-corrected chi connectivity index (χ3v) is 3.64. The van der Waals surface area contributed by atoms with Gasteiger partial charge >= 0.3 is 0 Å². The van der Waals surface area contributed by atoms with E-state index in [1.165, 1.54) is 12.1 Å². The van der Waals surface area contributed by atoms with E-state index < -0.39 is 10.0 Å². The molecular weight excluding hydrogens is 264 g/mol. The van der Waals surface area contributed by atoms with Crippen LogP contribution in [-0.2, 0) is 10.0 Å². The van der Waals surface area contributed by atoms with Crippen molar-refractivity contribution in [1.82, 2.24) is 4.83 Å². The minimum Gasteiger partial charge on any atom is -0.494 e. The van der Waals surface area contributed by atoms with E-state index in [4.69, 9.17) is 4.74 Å². The van der Waals surface area contributed by atoms with E-state index in [1.807, 2.05) is 13.8 Å². The average molecular weight is 284 g/mol. The van der Waals surface area contributed by atoms with Gasteiger partial charge in [0.25, 0.3) is 10.0 Å². The molecular formula is C13H20N2O3S. The monoisotopic (exact) mass is 284 g/mol. The Labute approximate surface area is 114 Å². The molecule has 0 saturated carbocycles. The standard InChI is InChI=1S/C13H20N2O3S/c1-4-6-11(3)14-15-19(16,17)13-9-7-12(8-10-13)18-5-2/h7-10,15H,4-6H2,1-3H3/b14-11-. The van der Waals surface area contributed by atoms with Gasteiger partial charge in [0.15, 0.2) is 0 Å². The van der Waals surface area contributed by atoms with Gasteiger partial charge in [-0.15, -0.1) is 0 Å². The number of hydrogen-bond acceptors (Lipinski definition) is 4. The number of hydrazone groups is 1. The first kappa shape index (κ1) is 15.5. The van der Waals surface area contributed by atoms with Crippen LogP contribution < -0.4 is 9.57 Å². The minimum atomic E-state index is -3.60. The molecule has 1 N–H and O–H groups in total. The molecule has 0 bridgehead atoms. The SMILES string of the molecule is CCC/C(C)=N\NS(=O)(=O)c1ccc(OCC)cc1. The highest BCUT2D eigenvalue weighted by molar-refractivity contribution is 7.89. The summed E-state index contributed by atoms with van der Waals surface area (Å²) in [7, 11) is -3.60. The smallest absolute Gasteiger partial charge is 0.276 e. The quantitative estimate of drug-likeness (QED) is 0.618. The van der Waals surface area contributed by atoms with Crippen LogP contribution >= 0.6 is 0 Å². The van der Waals surface area contributed by atoms with Gasteiger partial charge in [0.2, 0.25) is 0 Å². The van der Waals surface area contributed by atoms with Crippen molar-refractivity contribution in [2.24, 2.45) is 5.10 Å². The molecule has 0 aliphatic carbocycles. The fourth-order valence-corrected chi connectivity index (χ4v) is 2.37. The number of nitrogens with one attached hydrogen (secondary N) is 1. The van der Waals surface area contributed by atoms with Crippen molar-refractivity contribution < 1.29 is 13.2 Å². The molecule has 0 fully saturated rings. The first-order chi connectivity index (χ1) is 8.99. The van der Waals surface area contributed by atoms with E-state index in [0.717, 1.165) is 18.6 Å². The molecule has 0 spiro atoms. The first-order valence-electron chi connectivity index (χ1n) is 6.27. The van der Waals surface area contributed by atoms with Gasteiger partial charge in [0.1, 0.15) is 5.75 Å². The lowest BCUT2D eigenvalue weighted by Crippen LogP contribution is -2.19. The van der Waals surface area contributed by atoms with Gasteiger partial charge in [-0.1, -0.05) is 13.3 Å². The second-order valence-electron chi connectivity index (χ2n) is 4.10. The van der Waals surface area contributed by atoms with Crippen molar-refractivity contribution in [2.75, 3.05) is 6.61 Å². The van der Waals surface area contributed by atoms with Gasteiger partial charge in [-0.2, -0.15) is 13.5 Å². The predicted molar refractivity (Wildman–Crippen MR) is 75.9 cm³/mol. The summed E-state index contributed by atoms with van der Waals surface area (Å²) in [5, 5.41) is 3.87. The highest BCUT2D eigenvalue weighted by Crippen LogP contribution is 2.15. The molecule has 0 heterocycles. The van der Waals surface area contributed by atoms with Crippen LogP contribution in [0.1, 0.15) is 33.6 Å². The van der Waals surface area contributed by atoms with Gasteiger partial charge < -0.3 is 4.74 Å². The number of hydrogen-bond donors (Lipinski definition) is 1. The normalized spacial score (nSPS) is 12.3. The molecule has 6 heteroatoms. The fourth-order valence-electron chi connectivity index (χ4n) is 1.49. The van der Waals surface area contributed by atoms with Crippen LogP contribution in [0.4, 0.5) is 0 Å². The Bertz CT molecular complexity index is 521. The van der Waals surface area contributed by atoms with E-state index in [1.54, 1.807) is 19.1 Å². The molecule has 0 amide bonds. The Morgan fingerprint density at radius 1 is 1.26 bits per heavy atom. The molecule has 0 unspecified atom stereocenters. The molecule has 0 atom stereocenters. The van der Waals surface area contributed by atoms with Crippen molar-refractivity contribution in [2.45, 2.75) is 38.5 Å². The van der Waals surface area contributed by atoms with Crippen molar-refractivity contribution in [1.29, 1.82) is 0 Å². The maximum Gasteiger partial charge on any atom is 0.276 e. The number of sulfonamides is 1. The molecule has 5 nitrogen and oxygen atoms in total. The Kier molecular flexibility index (Phi) is 5.82. The molecule has 1 rings (SSSR count). The van der Waals surface area contributed by atoms with Crippen molar-refractivity contribution in [3.05, 3.63) is 24.3 Å². The van der Waals surface area contributed by atoms with E-state index in [9.17, 15) is 8.42 Å². The first-order valence-corrected chi connectivity index (χ1v) is 7.75. The van der Waals surface area contributed by atoms with E-state index in [-0.39, 0.29) is 4.90 Å². The zero-order valence-electron chi connectivity index (χ0n) is 11.5. The predicted octanol–water partition coefficient (Wildman–Crippen LogP) is 2.54. The van der Waals surface area contributed by atoms with E-state index in [0.29, 0.717) is 12.4 Å². The van der Waals surface area contributed by atoms with Crippen LogP contribution in [0, 0.1) is 0 Å². The summed E-state index contributed by atoms with van der Waals surface area (Å²) in [4.78, 5) is 2.40. The molecule has 1 aromatic carbocycles. The average Bonchev–Trinajstić information content (AvgIpc) is 2.38. The van der Waals surface area contributed by atoms with Crippen LogP contribution in [0.15, 0.2) is 34.3 Å². The Balaban J connectivity index is 2.80. The van der Waals surface area contributed by atoms with Crippen molar-refractivity contribution in [3.8, 4) is 5.75 Å². The maximum absolute atomic E-state index is 12.0. The van der Waals surface area contributed by atoms with Crippen molar-refractivity contribution in [3.63, 3.8) is 0 Å². The van der Waals surface area contributed by atoms with Crippen LogP contribution in [0.25, 0.3) is 0 Å². The zero-order valence-corrected chi connectivity index (χ0v) is 12.3. The molecule has 0 aliphatic rings. The summed E-state index contributed by atoms with van der Waals surface area (Å²) in [6.07, 6.45) is 1.70. The molecule has 0 saturated heterocycles. The van der Waals surface area contributed by atoms with Crippen LogP contribution in [-0.4, -0.2) is 20.7 Å². The lowest BCUT2D eigenvalue weighted by Gasteiger charge is -2.06. The minimum absolute atomic E-state index is 0.170. The Hall–Kier alpha value is -1.56. The van der Waals surface area contributed by atoms with Crippen LogP contribution in [0.5, 0.6) is 5.75 Å². The second-order valence-corrected chi connectivity index (χ2v) is 5.76. The van der Waals surface area contributed by atoms with Gasteiger partial charge in [0.05, 0.1) is 11.5 Å². The molecule has 0 aromatic heterocycles. The number of ether oxygens (including phenoxy) is 1. The molecule has 1 aromatic rings. The van der Waals surface area contributed by atoms with Crippen LogP contribution in [0.2, 0.25) is 0 Å². The highest BCUT2D eigenvalue weighted by atomic mass is 32.2. The fraction of sp³-hybridized carbons (Fsp3) is 0.462. The number of nitrogens with zero attached hydrogens (tertiary/aromatic N) is 1. The third-order valence-electron chi connectivity index (χ3n) is 2.41. The lowest BCUT2D eigenvalue weighted by molar-refractivity contribution is 0.340. The maximum atomic E-state index is 12.0. The van der Waals surface area contributed by atoms with Crippen LogP contribution in [0.3, 0.4) is 0 Å². The van der Waals surface area contributed by atoms with E-state index in [2.05, 4.69) is 9.93 Å².